The molecular weight excluding hydrogens is 378 g/mol. The number of fused-ring (bicyclic) bond motifs is 2. The second-order valence-corrected chi connectivity index (χ2v) is 7.87. The zero-order valence-corrected chi connectivity index (χ0v) is 16.0. The van der Waals surface area contributed by atoms with Crippen molar-refractivity contribution in [3.05, 3.63) is 64.0 Å². The predicted octanol–water partition coefficient (Wildman–Crippen LogP) is 3.62. The van der Waals surface area contributed by atoms with Crippen molar-refractivity contribution >= 4 is 56.3 Å². The first-order valence-electron chi connectivity index (χ1n) is 8.59. The van der Waals surface area contributed by atoms with Gasteiger partial charge in [0.15, 0.2) is 5.11 Å². The highest BCUT2D eigenvalue weighted by Crippen LogP contribution is 2.38. The lowest BCUT2D eigenvalue weighted by molar-refractivity contribution is 0.0977. The van der Waals surface area contributed by atoms with E-state index in [1.165, 1.54) is 11.3 Å². The quantitative estimate of drug-likeness (QED) is 0.592. The maximum atomic E-state index is 12.7. The van der Waals surface area contributed by atoms with Gasteiger partial charge in [0.25, 0.3) is 11.8 Å². The van der Waals surface area contributed by atoms with Gasteiger partial charge in [-0.3, -0.25) is 14.9 Å². The smallest absolute Gasteiger partial charge is 0.258 e. The van der Waals surface area contributed by atoms with E-state index in [0.717, 1.165) is 40.5 Å². The predicted molar refractivity (Wildman–Crippen MR) is 112 cm³/mol. The normalized spacial score (nSPS) is 12.6. The lowest BCUT2D eigenvalue weighted by atomic mass is 10.0. The summed E-state index contributed by atoms with van der Waals surface area (Å²) in [5.74, 6) is -0.769. The molecule has 1 aliphatic rings. The summed E-state index contributed by atoms with van der Waals surface area (Å²) in [7, 11) is 0. The first-order valence-corrected chi connectivity index (χ1v) is 9.81. The number of nitrogens with one attached hydrogen (secondary N) is 2. The van der Waals surface area contributed by atoms with Crippen LogP contribution >= 0.6 is 23.6 Å². The molecule has 4 rings (SSSR count). The van der Waals surface area contributed by atoms with E-state index in [0.29, 0.717) is 16.1 Å². The molecule has 7 heteroatoms. The molecule has 136 valence electrons. The van der Waals surface area contributed by atoms with Crippen molar-refractivity contribution in [2.45, 2.75) is 19.3 Å². The van der Waals surface area contributed by atoms with Crippen LogP contribution in [0.25, 0.3) is 10.8 Å². The fourth-order valence-electron chi connectivity index (χ4n) is 3.48. The maximum absolute atomic E-state index is 12.7. The topological polar surface area (TPSA) is 84.2 Å². The Morgan fingerprint density at radius 2 is 1.85 bits per heavy atom. The van der Waals surface area contributed by atoms with Gasteiger partial charge in [0, 0.05) is 10.4 Å². The number of rotatable bonds is 3. The summed E-state index contributed by atoms with van der Waals surface area (Å²) in [4.78, 5) is 25.7. The molecule has 1 aromatic heterocycles. The fourth-order valence-corrected chi connectivity index (χ4v) is 5.04. The van der Waals surface area contributed by atoms with Crippen molar-refractivity contribution < 1.29 is 9.59 Å². The van der Waals surface area contributed by atoms with Crippen molar-refractivity contribution in [1.29, 1.82) is 0 Å². The van der Waals surface area contributed by atoms with Crippen LogP contribution in [-0.2, 0) is 12.8 Å². The van der Waals surface area contributed by atoms with Gasteiger partial charge in [0.1, 0.15) is 5.00 Å². The van der Waals surface area contributed by atoms with Gasteiger partial charge in [-0.15, -0.1) is 11.3 Å². The molecule has 3 aromatic rings. The molecule has 0 bridgehead atoms. The zero-order chi connectivity index (χ0) is 19.0. The van der Waals surface area contributed by atoms with Crippen LogP contribution in [-0.4, -0.2) is 16.9 Å². The van der Waals surface area contributed by atoms with Crippen molar-refractivity contribution in [2.75, 3.05) is 5.32 Å². The Bertz CT molecular complexity index is 1080. The highest BCUT2D eigenvalue weighted by atomic mass is 32.1. The van der Waals surface area contributed by atoms with Crippen LogP contribution in [0.4, 0.5) is 5.00 Å². The van der Waals surface area contributed by atoms with Crippen molar-refractivity contribution in [3.8, 4) is 0 Å². The second kappa shape index (κ2) is 7.09. The van der Waals surface area contributed by atoms with Crippen LogP contribution in [0.2, 0.25) is 0 Å². The lowest BCUT2D eigenvalue weighted by Gasteiger charge is -2.11. The van der Waals surface area contributed by atoms with Crippen LogP contribution in [0.5, 0.6) is 0 Å². The summed E-state index contributed by atoms with van der Waals surface area (Å²) in [5, 5.41) is 8.28. The Morgan fingerprint density at radius 1 is 1.07 bits per heavy atom. The highest BCUT2D eigenvalue weighted by molar-refractivity contribution is 7.80. The monoisotopic (exact) mass is 395 g/mol. The third-order valence-corrected chi connectivity index (χ3v) is 6.07. The zero-order valence-electron chi connectivity index (χ0n) is 14.4. The number of nitrogens with two attached hydrogens (primary N) is 1. The van der Waals surface area contributed by atoms with Gasteiger partial charge < -0.3 is 11.1 Å². The summed E-state index contributed by atoms with van der Waals surface area (Å²) < 4.78 is 0. The molecule has 27 heavy (non-hydrogen) atoms. The average Bonchev–Trinajstić information content (AvgIpc) is 3.21. The van der Waals surface area contributed by atoms with Gasteiger partial charge in [0.05, 0.1) is 5.56 Å². The van der Waals surface area contributed by atoms with Crippen LogP contribution in [0.15, 0.2) is 42.5 Å². The summed E-state index contributed by atoms with van der Waals surface area (Å²) in [6.45, 7) is 0. The summed E-state index contributed by atoms with van der Waals surface area (Å²) in [6, 6.07) is 13.2. The van der Waals surface area contributed by atoms with E-state index in [-0.39, 0.29) is 11.0 Å². The molecule has 0 atom stereocenters. The Morgan fingerprint density at radius 3 is 2.67 bits per heavy atom. The van der Waals surface area contributed by atoms with Crippen LogP contribution < -0.4 is 16.4 Å². The van der Waals surface area contributed by atoms with E-state index >= 15 is 0 Å². The molecule has 1 aliphatic carbocycles. The number of benzene rings is 2. The minimum absolute atomic E-state index is 0.148. The highest BCUT2D eigenvalue weighted by Gasteiger charge is 2.26. The van der Waals surface area contributed by atoms with E-state index in [1.54, 1.807) is 6.07 Å². The minimum Gasteiger partial charge on any atom is -0.365 e. The van der Waals surface area contributed by atoms with Gasteiger partial charge in [-0.2, -0.15) is 0 Å². The van der Waals surface area contributed by atoms with Crippen LogP contribution in [0.1, 0.15) is 37.6 Å². The van der Waals surface area contributed by atoms with Gasteiger partial charge in [-0.25, -0.2) is 0 Å². The Labute approximate surface area is 165 Å². The molecule has 0 fully saturated rings. The molecule has 4 N–H and O–H groups in total. The SMILES string of the molecule is NC(=O)c1c(NC(=S)NC(=O)c2cccc3ccccc23)sc2c1CCC2. The van der Waals surface area contributed by atoms with Crippen LogP contribution in [0.3, 0.4) is 0 Å². The minimum atomic E-state index is -0.472. The molecule has 0 aliphatic heterocycles. The first kappa shape index (κ1) is 17.6. The first-order chi connectivity index (χ1) is 13.0. The Kier molecular flexibility index (Phi) is 4.63. The summed E-state index contributed by atoms with van der Waals surface area (Å²) >= 11 is 6.78. The number of thiophene rings is 1. The molecule has 0 spiro atoms. The van der Waals surface area contributed by atoms with Gasteiger partial charge in [0.2, 0.25) is 0 Å². The number of amides is 2. The third-order valence-electron chi connectivity index (χ3n) is 4.66. The average molecular weight is 396 g/mol. The summed E-state index contributed by atoms with van der Waals surface area (Å²) in [5.41, 5.74) is 7.61. The molecule has 2 aromatic carbocycles. The van der Waals surface area contributed by atoms with E-state index < -0.39 is 5.91 Å². The largest absolute Gasteiger partial charge is 0.365 e. The molecular formula is C20H17N3O2S2. The Balaban J connectivity index is 1.55. The molecule has 0 unspecified atom stereocenters. The van der Waals surface area contributed by atoms with Gasteiger partial charge in [-0.1, -0.05) is 36.4 Å². The number of hydrogen-bond donors (Lipinski definition) is 3. The van der Waals surface area contributed by atoms with E-state index in [9.17, 15) is 9.59 Å². The number of primary amides is 1. The van der Waals surface area contributed by atoms with E-state index in [4.69, 9.17) is 18.0 Å². The van der Waals surface area contributed by atoms with Crippen molar-refractivity contribution in [3.63, 3.8) is 0 Å². The molecule has 0 radical (unpaired) electrons. The lowest BCUT2D eigenvalue weighted by Crippen LogP contribution is -2.34. The summed E-state index contributed by atoms with van der Waals surface area (Å²) in [6.07, 6.45) is 2.82. The number of anilines is 1. The Hall–Kier alpha value is -2.77. The number of aryl methyl sites for hydroxylation is 1. The molecule has 2 amide bonds. The standard InChI is InChI=1S/C20H17N3O2S2/c21-17(24)16-14-9-4-10-15(14)27-19(16)23-20(26)22-18(25)13-8-3-6-11-5-1-2-7-12(11)13/h1-3,5-8H,4,9-10H2,(H2,21,24)(H2,22,23,25,26). The number of carbonyl (C=O) groups excluding carboxylic acids is 2. The van der Waals surface area contributed by atoms with Gasteiger partial charge in [-0.05, 0) is 53.9 Å². The molecule has 0 saturated carbocycles. The fraction of sp³-hybridized carbons (Fsp3) is 0.150. The van der Waals surface area contributed by atoms with Crippen molar-refractivity contribution in [2.24, 2.45) is 5.73 Å². The molecule has 0 saturated heterocycles. The van der Waals surface area contributed by atoms with Gasteiger partial charge >= 0.3 is 0 Å². The maximum Gasteiger partial charge on any atom is 0.258 e. The second-order valence-electron chi connectivity index (χ2n) is 6.36. The molecule has 1 heterocycles. The number of hydrogen-bond acceptors (Lipinski definition) is 4. The molecule has 5 nitrogen and oxygen atoms in total. The van der Waals surface area contributed by atoms with E-state index in [1.807, 2.05) is 36.4 Å². The van der Waals surface area contributed by atoms with E-state index in [2.05, 4.69) is 10.6 Å². The number of thiocarbonyl (C=S) groups is 1. The number of carbonyl (C=O) groups is 2. The van der Waals surface area contributed by atoms with Crippen LogP contribution in [0, 0.1) is 0 Å². The van der Waals surface area contributed by atoms with Crippen molar-refractivity contribution in [1.82, 2.24) is 5.32 Å². The third kappa shape index (κ3) is 3.31.